The first-order valence-corrected chi connectivity index (χ1v) is 5.90. The lowest BCUT2D eigenvalue weighted by Crippen LogP contribution is -2.04. The Morgan fingerprint density at radius 1 is 1.11 bits per heavy atom. The van der Waals surface area contributed by atoms with E-state index < -0.39 is 0 Å². The fraction of sp³-hybridized carbons (Fsp3) is 0.286. The summed E-state index contributed by atoms with van der Waals surface area (Å²) >= 11 is 0. The minimum absolute atomic E-state index is 0.224. The van der Waals surface area contributed by atoms with E-state index in [-0.39, 0.29) is 11.5 Å². The van der Waals surface area contributed by atoms with Crippen molar-refractivity contribution in [2.45, 2.75) is 26.7 Å². The summed E-state index contributed by atoms with van der Waals surface area (Å²) in [6, 6.07) is 6.80. The summed E-state index contributed by atoms with van der Waals surface area (Å²) in [5.74, 6) is 0.407. The fourth-order valence-corrected chi connectivity index (χ4v) is 1.96. The number of aryl methyl sites for hydroxylation is 4. The topological polar surface area (TPSA) is 51.8 Å². The number of anilines is 1. The van der Waals surface area contributed by atoms with E-state index in [1.54, 1.807) is 6.07 Å². The summed E-state index contributed by atoms with van der Waals surface area (Å²) < 4.78 is 13.3. The smallest absolute Gasteiger partial charge is 0.146 e. The molecule has 0 aliphatic heterocycles. The molecular weight excluding hydrogens is 229 g/mol. The third-order valence-corrected chi connectivity index (χ3v) is 2.79. The van der Waals surface area contributed by atoms with Crippen molar-refractivity contribution in [2.24, 2.45) is 0 Å². The van der Waals surface area contributed by atoms with Crippen molar-refractivity contribution in [3.63, 3.8) is 0 Å². The third-order valence-electron chi connectivity index (χ3n) is 2.79. The zero-order valence-corrected chi connectivity index (χ0v) is 10.6. The minimum Gasteiger partial charge on any atom is -0.396 e. The molecule has 2 rings (SSSR count). The van der Waals surface area contributed by atoms with Crippen LogP contribution in [-0.4, -0.2) is 9.97 Å². The molecule has 0 saturated carbocycles. The van der Waals surface area contributed by atoms with Gasteiger partial charge in [-0.05, 0) is 38.0 Å². The molecule has 1 aromatic carbocycles. The number of nitrogens with two attached hydrogens (primary N) is 1. The number of hydrogen-bond donors (Lipinski definition) is 1. The predicted octanol–water partition coefficient (Wildman–Crippen LogP) is 2.60. The molecule has 1 aromatic heterocycles. The lowest BCUT2D eigenvalue weighted by Gasteiger charge is -2.06. The number of hydrogen-bond acceptors (Lipinski definition) is 3. The van der Waals surface area contributed by atoms with E-state index in [1.807, 2.05) is 26.0 Å². The summed E-state index contributed by atoms with van der Waals surface area (Å²) in [6.07, 6.45) is 1.31. The quantitative estimate of drug-likeness (QED) is 0.846. The molecule has 0 spiro atoms. The Kier molecular flexibility index (Phi) is 3.55. The van der Waals surface area contributed by atoms with Crippen molar-refractivity contribution in [2.75, 3.05) is 5.73 Å². The van der Waals surface area contributed by atoms with Crippen molar-refractivity contribution < 1.29 is 4.39 Å². The highest BCUT2D eigenvalue weighted by Gasteiger charge is 2.06. The van der Waals surface area contributed by atoms with Crippen molar-refractivity contribution in [1.82, 2.24) is 9.97 Å². The molecule has 0 amide bonds. The molecule has 0 bridgehead atoms. The first kappa shape index (κ1) is 12.5. The van der Waals surface area contributed by atoms with Crippen molar-refractivity contribution in [3.05, 3.63) is 52.9 Å². The maximum Gasteiger partial charge on any atom is 0.146 e. The highest BCUT2D eigenvalue weighted by atomic mass is 19.1. The van der Waals surface area contributed by atoms with E-state index in [1.165, 1.54) is 6.07 Å². The average molecular weight is 245 g/mol. The van der Waals surface area contributed by atoms with Gasteiger partial charge < -0.3 is 5.73 Å². The molecule has 0 fully saturated rings. The van der Waals surface area contributed by atoms with Crippen molar-refractivity contribution >= 4 is 5.69 Å². The van der Waals surface area contributed by atoms with E-state index in [0.29, 0.717) is 12.8 Å². The van der Waals surface area contributed by atoms with Crippen molar-refractivity contribution in [1.29, 1.82) is 0 Å². The second-order valence-corrected chi connectivity index (χ2v) is 4.38. The third kappa shape index (κ3) is 2.83. The molecule has 1 heterocycles. The van der Waals surface area contributed by atoms with Gasteiger partial charge in [-0.3, -0.25) is 0 Å². The molecule has 0 saturated heterocycles. The molecule has 2 N–H and O–H groups in total. The van der Waals surface area contributed by atoms with Gasteiger partial charge in [0, 0.05) is 17.8 Å². The normalized spacial score (nSPS) is 10.6. The van der Waals surface area contributed by atoms with Crippen LogP contribution in [0.3, 0.4) is 0 Å². The Hall–Kier alpha value is -1.97. The van der Waals surface area contributed by atoms with Crippen LogP contribution in [0, 0.1) is 19.7 Å². The number of halogens is 1. The molecule has 0 radical (unpaired) electrons. The van der Waals surface area contributed by atoms with Gasteiger partial charge in [-0.25, -0.2) is 14.4 Å². The lowest BCUT2D eigenvalue weighted by molar-refractivity contribution is 0.630. The van der Waals surface area contributed by atoms with Gasteiger partial charge >= 0.3 is 0 Å². The molecule has 4 heteroatoms. The van der Waals surface area contributed by atoms with Crippen LogP contribution < -0.4 is 5.73 Å². The second-order valence-electron chi connectivity index (χ2n) is 4.38. The highest BCUT2D eigenvalue weighted by Crippen LogP contribution is 2.17. The number of aromatic nitrogens is 2. The minimum atomic E-state index is -0.367. The number of nitrogens with zero attached hydrogens (tertiary/aromatic N) is 2. The largest absolute Gasteiger partial charge is 0.396 e. The summed E-state index contributed by atoms with van der Waals surface area (Å²) in [6.45, 7) is 3.88. The van der Waals surface area contributed by atoms with Crippen molar-refractivity contribution in [3.8, 4) is 0 Å². The Bertz CT molecular complexity index is 547. The second kappa shape index (κ2) is 5.12. The zero-order chi connectivity index (χ0) is 13.1. The number of nitrogen functional groups attached to an aromatic ring is 1. The Balaban J connectivity index is 2.14. The van der Waals surface area contributed by atoms with E-state index in [2.05, 4.69) is 9.97 Å². The van der Waals surface area contributed by atoms with Gasteiger partial charge in [0.1, 0.15) is 11.6 Å². The Labute approximate surface area is 106 Å². The van der Waals surface area contributed by atoms with Gasteiger partial charge in [0.15, 0.2) is 0 Å². The van der Waals surface area contributed by atoms with Crippen LogP contribution >= 0.6 is 0 Å². The number of para-hydroxylation sites is 1. The first-order chi connectivity index (χ1) is 8.56. The van der Waals surface area contributed by atoms with Crippen LogP contribution in [0.1, 0.15) is 22.8 Å². The van der Waals surface area contributed by atoms with Crippen LogP contribution in [-0.2, 0) is 12.8 Å². The van der Waals surface area contributed by atoms with Gasteiger partial charge in [0.05, 0.1) is 5.69 Å². The SMILES string of the molecule is Cc1cc(C)nc(CCc2cccc(F)c2N)n1. The Morgan fingerprint density at radius 2 is 1.78 bits per heavy atom. The standard InChI is InChI=1S/C14H16FN3/c1-9-8-10(2)18-13(17-9)7-6-11-4-3-5-12(15)14(11)16/h3-5,8H,6-7,16H2,1-2H3. The van der Waals surface area contributed by atoms with Gasteiger partial charge in [-0.1, -0.05) is 12.1 Å². The van der Waals surface area contributed by atoms with Gasteiger partial charge in [0.2, 0.25) is 0 Å². The molecule has 0 atom stereocenters. The van der Waals surface area contributed by atoms with E-state index in [9.17, 15) is 4.39 Å². The monoisotopic (exact) mass is 245 g/mol. The molecule has 18 heavy (non-hydrogen) atoms. The molecule has 3 nitrogen and oxygen atoms in total. The lowest BCUT2D eigenvalue weighted by atomic mass is 10.1. The van der Waals surface area contributed by atoms with Crippen LogP contribution in [0.15, 0.2) is 24.3 Å². The van der Waals surface area contributed by atoms with Crippen LogP contribution in [0.4, 0.5) is 10.1 Å². The fourth-order valence-electron chi connectivity index (χ4n) is 1.96. The molecular formula is C14H16FN3. The van der Waals surface area contributed by atoms with Crippen LogP contribution in [0.2, 0.25) is 0 Å². The predicted molar refractivity (Wildman–Crippen MR) is 69.7 cm³/mol. The van der Waals surface area contributed by atoms with Gasteiger partial charge in [0.25, 0.3) is 0 Å². The van der Waals surface area contributed by atoms with E-state index in [0.717, 1.165) is 22.8 Å². The number of benzene rings is 1. The Morgan fingerprint density at radius 3 is 2.44 bits per heavy atom. The van der Waals surface area contributed by atoms with E-state index in [4.69, 9.17) is 5.73 Å². The molecule has 2 aromatic rings. The maximum absolute atomic E-state index is 13.3. The summed E-state index contributed by atoms with van der Waals surface area (Å²) in [5, 5.41) is 0. The first-order valence-electron chi connectivity index (χ1n) is 5.90. The van der Waals surface area contributed by atoms with Gasteiger partial charge in [-0.2, -0.15) is 0 Å². The zero-order valence-electron chi connectivity index (χ0n) is 10.6. The average Bonchev–Trinajstić information content (AvgIpc) is 2.30. The van der Waals surface area contributed by atoms with Crippen LogP contribution in [0.25, 0.3) is 0 Å². The van der Waals surface area contributed by atoms with E-state index >= 15 is 0 Å². The summed E-state index contributed by atoms with van der Waals surface area (Å²) in [5.41, 5.74) is 8.62. The number of rotatable bonds is 3. The molecule has 0 aliphatic rings. The van der Waals surface area contributed by atoms with Crippen LogP contribution in [0.5, 0.6) is 0 Å². The molecule has 0 aliphatic carbocycles. The molecule has 0 unspecified atom stereocenters. The maximum atomic E-state index is 13.3. The summed E-state index contributed by atoms with van der Waals surface area (Å²) in [4.78, 5) is 8.71. The highest BCUT2D eigenvalue weighted by molar-refractivity contribution is 5.48. The van der Waals surface area contributed by atoms with Gasteiger partial charge in [-0.15, -0.1) is 0 Å². The summed E-state index contributed by atoms with van der Waals surface area (Å²) in [7, 11) is 0. The molecule has 94 valence electrons.